The van der Waals surface area contributed by atoms with Gasteiger partial charge in [0.25, 0.3) is 0 Å². The van der Waals surface area contributed by atoms with E-state index in [-0.39, 0.29) is 23.5 Å². The fraction of sp³-hybridized carbons (Fsp3) is 0.909. The van der Waals surface area contributed by atoms with Crippen LogP contribution in [0.2, 0.25) is 0 Å². The van der Waals surface area contributed by atoms with E-state index >= 15 is 0 Å². The molecule has 1 unspecified atom stereocenters. The van der Waals surface area contributed by atoms with Gasteiger partial charge in [-0.3, -0.25) is 9.59 Å². The normalized spacial score (nSPS) is 12.3. The molecule has 236 valence electrons. The Balaban J connectivity index is 4.97. The van der Waals surface area contributed by atoms with E-state index < -0.39 is 17.9 Å². The molecule has 7 heteroatoms. The van der Waals surface area contributed by atoms with Gasteiger partial charge in [0.15, 0.2) is 5.92 Å². The molecule has 40 heavy (non-hydrogen) atoms. The lowest BCUT2D eigenvalue weighted by molar-refractivity contribution is -0.696. The second-order valence-corrected chi connectivity index (χ2v) is 12.6. The molecule has 0 amide bonds. The summed E-state index contributed by atoms with van der Waals surface area (Å²) in [5.41, 5.74) is 0. The van der Waals surface area contributed by atoms with Gasteiger partial charge in [0.05, 0.1) is 45.5 Å². The summed E-state index contributed by atoms with van der Waals surface area (Å²) < 4.78 is 10.7. The minimum absolute atomic E-state index is 0.0812. The first-order valence-electron chi connectivity index (χ1n) is 16.8. The van der Waals surface area contributed by atoms with Crippen molar-refractivity contribution < 1.29 is 23.0 Å². The molecule has 5 nitrogen and oxygen atoms in total. The number of carbonyl (C=O) groups is 2. The number of quaternary nitrogens is 1. The molecule has 0 heterocycles. The Labute approximate surface area is 259 Å². The Morgan fingerprint density at radius 1 is 0.600 bits per heavy atom. The lowest BCUT2D eigenvalue weighted by atomic mass is 10.0. The summed E-state index contributed by atoms with van der Waals surface area (Å²) in [5, 5.41) is 0. The van der Waals surface area contributed by atoms with Crippen molar-refractivity contribution in [1.82, 2.24) is 0 Å². The van der Waals surface area contributed by atoms with Crippen LogP contribution >= 0.6 is 25.0 Å². The van der Waals surface area contributed by atoms with Crippen LogP contribution in [0.4, 0.5) is 0 Å². The maximum absolute atomic E-state index is 12.9. The highest BCUT2D eigenvalue weighted by Crippen LogP contribution is 2.27. The molecule has 0 aromatic carbocycles. The maximum Gasteiger partial charge on any atom is 0.320 e. The zero-order valence-electron chi connectivity index (χ0n) is 26.7. The molecular formula is C33H64NO4S2+. The van der Waals surface area contributed by atoms with Gasteiger partial charge in [0.1, 0.15) is 0 Å². The van der Waals surface area contributed by atoms with Crippen molar-refractivity contribution in [2.75, 3.05) is 26.3 Å². The summed E-state index contributed by atoms with van der Waals surface area (Å²) in [7, 11) is 0. The molecule has 0 radical (unpaired) electrons. The largest absolute Gasteiger partial charge is 0.466 e. The van der Waals surface area contributed by atoms with Gasteiger partial charge in [0, 0.05) is 0 Å². The van der Waals surface area contributed by atoms with Crippen LogP contribution in [0.25, 0.3) is 0 Å². The predicted molar refractivity (Wildman–Crippen MR) is 177 cm³/mol. The van der Waals surface area contributed by atoms with Crippen molar-refractivity contribution >= 4 is 42.0 Å². The molecule has 1 atom stereocenters. The molecule has 0 N–H and O–H groups in total. The van der Waals surface area contributed by atoms with E-state index in [1.54, 1.807) is 13.8 Å². The lowest BCUT2D eigenvalue weighted by Gasteiger charge is -2.34. The lowest BCUT2D eigenvalue weighted by Crippen LogP contribution is -2.50. The zero-order chi connectivity index (χ0) is 29.9. The van der Waals surface area contributed by atoms with Crippen molar-refractivity contribution in [2.45, 2.75) is 163 Å². The Kier molecular flexibility index (Phi) is 26.7. The van der Waals surface area contributed by atoms with E-state index in [2.05, 4.69) is 13.8 Å². The maximum atomic E-state index is 12.9. The van der Waals surface area contributed by atoms with E-state index in [9.17, 15) is 9.59 Å². The summed E-state index contributed by atoms with van der Waals surface area (Å²) in [6, 6.07) is 0. The summed E-state index contributed by atoms with van der Waals surface area (Å²) in [6.45, 7) is 10.1. The first kappa shape index (κ1) is 39.3. The summed E-state index contributed by atoms with van der Waals surface area (Å²) in [5.74, 6) is -1.67. The number of rotatable bonds is 28. The molecule has 0 fully saturated rings. The third kappa shape index (κ3) is 20.3. The molecular weight excluding hydrogens is 539 g/mol. The number of esters is 2. The number of carbonyl (C=O) groups excluding carboxylic acids is 2. The number of unbranched alkanes of at least 4 members (excludes halogenated alkanes) is 18. The predicted octanol–water partition coefficient (Wildman–Crippen LogP) is 9.95. The van der Waals surface area contributed by atoms with Gasteiger partial charge in [-0.05, 0) is 51.7 Å². The SMILES string of the molecule is CCCCCCCCCCCC[N+](S)(CCCCCCCCCCCC)C(=S)C(CC(=O)OCC)C(=O)OCC. The van der Waals surface area contributed by atoms with Crippen molar-refractivity contribution in [3.8, 4) is 0 Å². The van der Waals surface area contributed by atoms with E-state index in [0.29, 0.717) is 4.99 Å². The monoisotopic (exact) mass is 602 g/mol. The summed E-state index contributed by atoms with van der Waals surface area (Å²) in [4.78, 5) is 25.8. The fourth-order valence-electron chi connectivity index (χ4n) is 5.24. The number of thiocarbonyl (C=S) groups is 1. The van der Waals surface area contributed by atoms with Gasteiger partial charge in [-0.15, -0.1) is 0 Å². The third-order valence-corrected chi connectivity index (χ3v) is 9.10. The highest BCUT2D eigenvalue weighted by atomic mass is 32.1. The second kappa shape index (κ2) is 27.2. The minimum atomic E-state index is -0.808. The smallest absolute Gasteiger partial charge is 0.320 e. The van der Waals surface area contributed by atoms with E-state index in [0.717, 1.165) is 38.8 Å². The summed E-state index contributed by atoms with van der Waals surface area (Å²) in [6.07, 6.45) is 25.2. The van der Waals surface area contributed by atoms with Crippen molar-refractivity contribution in [2.24, 2.45) is 5.92 Å². The van der Waals surface area contributed by atoms with Crippen LogP contribution in [0.5, 0.6) is 0 Å². The average molecular weight is 603 g/mol. The third-order valence-electron chi connectivity index (χ3n) is 7.72. The molecule has 0 saturated carbocycles. The first-order valence-corrected chi connectivity index (χ1v) is 17.6. The minimum Gasteiger partial charge on any atom is -0.466 e. The van der Waals surface area contributed by atoms with Crippen molar-refractivity contribution in [1.29, 1.82) is 0 Å². The Hall–Kier alpha value is -0.660. The fourth-order valence-corrected chi connectivity index (χ4v) is 6.03. The molecule has 0 aromatic rings. The summed E-state index contributed by atoms with van der Waals surface area (Å²) >= 11 is 11.0. The van der Waals surface area contributed by atoms with Crippen LogP contribution in [0, 0.1) is 5.92 Å². The average Bonchev–Trinajstić information content (AvgIpc) is 2.93. The van der Waals surface area contributed by atoms with Crippen LogP contribution < -0.4 is 0 Å². The van der Waals surface area contributed by atoms with Gasteiger partial charge in [-0.1, -0.05) is 117 Å². The van der Waals surface area contributed by atoms with Crippen LogP contribution in [0.3, 0.4) is 0 Å². The van der Waals surface area contributed by atoms with Gasteiger partial charge >= 0.3 is 11.9 Å². The quantitative estimate of drug-likeness (QED) is 0.0317. The number of nitrogens with zero attached hydrogens (tertiary/aromatic N) is 1. The van der Waals surface area contributed by atoms with Gasteiger partial charge in [0.2, 0.25) is 4.99 Å². The number of thiol groups is 1. The van der Waals surface area contributed by atoms with E-state index in [4.69, 9.17) is 34.5 Å². The molecule has 0 aromatic heterocycles. The van der Waals surface area contributed by atoms with Crippen LogP contribution in [0.1, 0.15) is 163 Å². The van der Waals surface area contributed by atoms with E-state index in [1.165, 1.54) is 103 Å². The van der Waals surface area contributed by atoms with Crippen molar-refractivity contribution in [3.05, 3.63) is 0 Å². The topological polar surface area (TPSA) is 52.6 Å². The van der Waals surface area contributed by atoms with E-state index in [1.807, 2.05) is 0 Å². The zero-order valence-corrected chi connectivity index (χ0v) is 28.4. The van der Waals surface area contributed by atoms with Gasteiger partial charge in [-0.25, -0.2) is 3.89 Å². The Morgan fingerprint density at radius 2 is 0.950 bits per heavy atom. The highest BCUT2D eigenvalue weighted by Gasteiger charge is 2.41. The second-order valence-electron chi connectivity index (χ2n) is 11.4. The molecule has 0 aliphatic carbocycles. The van der Waals surface area contributed by atoms with Crippen LogP contribution in [-0.2, 0) is 19.1 Å². The molecule has 0 bridgehead atoms. The number of ether oxygens (including phenoxy) is 2. The number of hydrogen-bond acceptors (Lipinski definition) is 6. The molecule has 0 aliphatic rings. The molecule has 0 spiro atoms. The van der Waals surface area contributed by atoms with Gasteiger partial charge in [-0.2, -0.15) is 0 Å². The molecule has 0 rings (SSSR count). The van der Waals surface area contributed by atoms with Crippen LogP contribution in [0.15, 0.2) is 0 Å². The molecule has 0 saturated heterocycles. The van der Waals surface area contributed by atoms with Crippen LogP contribution in [-0.4, -0.2) is 47.1 Å². The van der Waals surface area contributed by atoms with Gasteiger partial charge < -0.3 is 9.47 Å². The standard InChI is InChI=1S/C33H64NO4S2/c1-5-9-11-13-15-17-19-21-23-25-27-34(40,28-26-24-22-20-18-16-14-12-10-6-2)32(39)30(33(36)38-8-4)29-31(35)37-7-3/h30,40H,5-29H2,1-4H3/q+1. The Bertz CT molecular complexity index is 620. The first-order chi connectivity index (χ1) is 19.4. The van der Waals surface area contributed by atoms with Crippen molar-refractivity contribution in [3.63, 3.8) is 0 Å². The Morgan fingerprint density at radius 3 is 1.30 bits per heavy atom. The highest BCUT2D eigenvalue weighted by molar-refractivity contribution is 7.82. The molecule has 0 aliphatic heterocycles. The number of hydrogen-bond donors (Lipinski definition) is 1.